The van der Waals surface area contributed by atoms with Crippen LogP contribution in [-0.2, 0) is 4.74 Å². The summed E-state index contributed by atoms with van der Waals surface area (Å²) >= 11 is 0. The highest BCUT2D eigenvalue weighted by molar-refractivity contribution is 5.85. The van der Waals surface area contributed by atoms with Crippen molar-refractivity contribution in [3.05, 3.63) is 35.9 Å². The van der Waals surface area contributed by atoms with Gasteiger partial charge >= 0.3 is 6.09 Å². The molecule has 0 bridgehead atoms. The van der Waals surface area contributed by atoms with Crippen molar-refractivity contribution >= 4 is 18.5 Å². The quantitative estimate of drug-likeness (QED) is 0.777. The lowest BCUT2D eigenvalue weighted by molar-refractivity contribution is 0.115. The van der Waals surface area contributed by atoms with Crippen LogP contribution in [0.25, 0.3) is 0 Å². The van der Waals surface area contributed by atoms with E-state index in [1.807, 2.05) is 30.3 Å². The predicted octanol–water partition coefficient (Wildman–Crippen LogP) is 2.28. The molecule has 1 amide bonds. The first-order valence-electron chi connectivity index (χ1n) is 4.34. The summed E-state index contributed by atoms with van der Waals surface area (Å²) in [6.45, 7) is 0.505. The molecule has 14 heavy (non-hydrogen) atoms. The van der Waals surface area contributed by atoms with Crippen LogP contribution in [0, 0.1) is 0 Å². The predicted molar refractivity (Wildman–Crippen MR) is 55.5 cm³/mol. The van der Waals surface area contributed by atoms with Gasteiger partial charge in [-0.2, -0.15) is 0 Å². The third-order valence-corrected chi connectivity index (χ3v) is 2.13. The van der Waals surface area contributed by atoms with Crippen LogP contribution in [0.2, 0.25) is 0 Å². The highest BCUT2D eigenvalue weighted by Gasteiger charge is 2.19. The molecule has 0 aromatic heterocycles. The average molecular weight is 214 g/mol. The van der Waals surface area contributed by atoms with E-state index < -0.39 is 0 Å². The third kappa shape index (κ3) is 2.39. The van der Waals surface area contributed by atoms with Gasteiger partial charge in [0.2, 0.25) is 0 Å². The Bertz CT molecular complexity index is 302. The van der Waals surface area contributed by atoms with Crippen LogP contribution >= 0.6 is 12.4 Å². The summed E-state index contributed by atoms with van der Waals surface area (Å²) in [4.78, 5) is 10.9. The third-order valence-electron chi connectivity index (χ3n) is 2.13. The minimum atomic E-state index is -0.319. The fourth-order valence-corrected chi connectivity index (χ4v) is 1.46. The summed E-state index contributed by atoms with van der Waals surface area (Å²) in [5.74, 6) is 0. The lowest BCUT2D eigenvalue weighted by atomic mass is 10.0. The van der Waals surface area contributed by atoms with Crippen molar-refractivity contribution < 1.29 is 9.53 Å². The molecular formula is C10H12ClNO2. The van der Waals surface area contributed by atoms with Gasteiger partial charge in [-0.05, 0) is 5.56 Å². The van der Waals surface area contributed by atoms with E-state index in [1.54, 1.807) is 0 Å². The largest absolute Gasteiger partial charge is 0.449 e. The second-order valence-electron chi connectivity index (χ2n) is 3.03. The van der Waals surface area contributed by atoms with E-state index in [9.17, 15) is 4.79 Å². The Morgan fingerprint density at radius 1 is 1.29 bits per heavy atom. The molecule has 0 saturated carbocycles. The molecule has 1 saturated heterocycles. The number of ether oxygens (including phenoxy) is 1. The van der Waals surface area contributed by atoms with Crippen LogP contribution in [0.3, 0.4) is 0 Å². The van der Waals surface area contributed by atoms with Crippen LogP contribution in [-0.4, -0.2) is 12.7 Å². The van der Waals surface area contributed by atoms with Crippen molar-refractivity contribution in [3.8, 4) is 0 Å². The Kier molecular flexibility index (Phi) is 3.77. The van der Waals surface area contributed by atoms with Gasteiger partial charge in [-0.25, -0.2) is 4.79 Å². The van der Waals surface area contributed by atoms with Crippen LogP contribution in [0.4, 0.5) is 4.79 Å². The highest BCUT2D eigenvalue weighted by Crippen LogP contribution is 2.19. The van der Waals surface area contributed by atoms with Crippen LogP contribution in [0.1, 0.15) is 18.0 Å². The van der Waals surface area contributed by atoms with Crippen molar-refractivity contribution in [2.75, 3.05) is 6.61 Å². The summed E-state index contributed by atoms with van der Waals surface area (Å²) in [5.41, 5.74) is 1.14. The Labute approximate surface area is 88.9 Å². The Morgan fingerprint density at radius 2 is 2.00 bits per heavy atom. The first-order chi connectivity index (χ1) is 6.36. The normalized spacial score (nSPS) is 20.3. The van der Waals surface area contributed by atoms with E-state index in [0.717, 1.165) is 12.0 Å². The second kappa shape index (κ2) is 4.86. The number of alkyl carbamates (subject to hydrolysis) is 1. The maximum atomic E-state index is 10.9. The standard InChI is InChI=1S/C10H11NO2.ClH/c12-10-11-9(6-7-13-10)8-4-2-1-3-5-8;/h1-5,9H,6-7H2,(H,11,12);1H/t9-;/m0./s1. The zero-order valence-corrected chi connectivity index (χ0v) is 8.42. The number of rotatable bonds is 1. The first kappa shape index (κ1) is 10.9. The Hall–Kier alpha value is -1.22. The maximum Gasteiger partial charge on any atom is 0.407 e. The topological polar surface area (TPSA) is 38.3 Å². The van der Waals surface area contributed by atoms with Gasteiger partial charge in [-0.1, -0.05) is 30.3 Å². The van der Waals surface area contributed by atoms with E-state index in [-0.39, 0.29) is 24.5 Å². The van der Waals surface area contributed by atoms with Crippen molar-refractivity contribution in [1.82, 2.24) is 5.32 Å². The molecule has 1 aromatic carbocycles. The van der Waals surface area contributed by atoms with Crippen LogP contribution in [0.15, 0.2) is 30.3 Å². The summed E-state index contributed by atoms with van der Waals surface area (Å²) < 4.78 is 4.78. The molecule has 1 fully saturated rings. The van der Waals surface area contributed by atoms with Crippen LogP contribution in [0.5, 0.6) is 0 Å². The number of benzene rings is 1. The van der Waals surface area contributed by atoms with Crippen molar-refractivity contribution in [1.29, 1.82) is 0 Å². The van der Waals surface area contributed by atoms with Gasteiger partial charge < -0.3 is 10.1 Å². The molecular weight excluding hydrogens is 202 g/mol. The van der Waals surface area contributed by atoms with Gasteiger partial charge in [0, 0.05) is 6.42 Å². The number of carbonyl (C=O) groups excluding carboxylic acids is 1. The van der Waals surface area contributed by atoms with Gasteiger partial charge in [0.15, 0.2) is 0 Å². The molecule has 1 aliphatic rings. The summed E-state index contributed by atoms with van der Waals surface area (Å²) in [5, 5.41) is 2.77. The van der Waals surface area contributed by atoms with E-state index in [2.05, 4.69) is 5.32 Å². The average Bonchev–Trinajstić information content (AvgIpc) is 2.19. The molecule has 4 heteroatoms. The second-order valence-corrected chi connectivity index (χ2v) is 3.03. The molecule has 1 aliphatic heterocycles. The van der Waals surface area contributed by atoms with Gasteiger partial charge in [-0.15, -0.1) is 12.4 Å². The molecule has 0 spiro atoms. The lowest BCUT2D eigenvalue weighted by Crippen LogP contribution is -2.35. The van der Waals surface area contributed by atoms with Gasteiger partial charge in [0.05, 0.1) is 12.6 Å². The first-order valence-corrected chi connectivity index (χ1v) is 4.34. The fraction of sp³-hybridized carbons (Fsp3) is 0.300. The molecule has 2 rings (SSSR count). The van der Waals surface area contributed by atoms with E-state index >= 15 is 0 Å². The zero-order chi connectivity index (χ0) is 9.10. The van der Waals surface area contributed by atoms with Gasteiger partial charge in [0.25, 0.3) is 0 Å². The summed E-state index contributed by atoms with van der Waals surface area (Å²) in [6, 6.07) is 10.0. The maximum absolute atomic E-state index is 10.9. The highest BCUT2D eigenvalue weighted by atomic mass is 35.5. The van der Waals surface area contributed by atoms with Crippen molar-refractivity contribution in [2.24, 2.45) is 0 Å². The molecule has 1 atom stereocenters. The number of hydrogen-bond acceptors (Lipinski definition) is 2. The molecule has 0 unspecified atom stereocenters. The van der Waals surface area contributed by atoms with Crippen LogP contribution < -0.4 is 5.32 Å². The van der Waals surface area contributed by atoms with E-state index in [4.69, 9.17) is 4.74 Å². The van der Waals surface area contributed by atoms with Gasteiger partial charge in [-0.3, -0.25) is 0 Å². The van der Waals surface area contributed by atoms with Crippen molar-refractivity contribution in [3.63, 3.8) is 0 Å². The monoisotopic (exact) mass is 213 g/mol. The molecule has 0 aliphatic carbocycles. The fourth-order valence-electron chi connectivity index (χ4n) is 1.46. The molecule has 0 radical (unpaired) electrons. The number of hydrogen-bond donors (Lipinski definition) is 1. The van der Waals surface area contributed by atoms with E-state index in [1.165, 1.54) is 0 Å². The van der Waals surface area contributed by atoms with Crippen molar-refractivity contribution in [2.45, 2.75) is 12.5 Å². The molecule has 1 aromatic rings. The SMILES string of the molecule is Cl.O=C1N[C@H](c2ccccc2)CCO1. The lowest BCUT2D eigenvalue weighted by Gasteiger charge is -2.23. The smallest absolute Gasteiger partial charge is 0.407 e. The molecule has 76 valence electrons. The number of halogens is 1. The summed E-state index contributed by atoms with van der Waals surface area (Å²) in [6.07, 6.45) is 0.524. The van der Waals surface area contributed by atoms with Gasteiger partial charge in [0.1, 0.15) is 0 Å². The number of nitrogens with one attached hydrogen (secondary N) is 1. The number of carbonyl (C=O) groups is 1. The molecule has 1 heterocycles. The Morgan fingerprint density at radius 3 is 2.64 bits per heavy atom. The molecule has 1 N–H and O–H groups in total. The summed E-state index contributed by atoms with van der Waals surface area (Å²) in [7, 11) is 0. The Balaban J connectivity index is 0.000000980. The number of cyclic esters (lactones) is 1. The molecule has 3 nitrogen and oxygen atoms in total. The minimum absolute atomic E-state index is 0. The minimum Gasteiger partial charge on any atom is -0.449 e. The zero-order valence-electron chi connectivity index (χ0n) is 7.60. The van der Waals surface area contributed by atoms with E-state index in [0.29, 0.717) is 6.61 Å². The number of amides is 1.